The van der Waals surface area contributed by atoms with E-state index < -0.39 is 17.8 Å². The number of carbonyl (C=O) groups excluding carboxylic acids is 2. The van der Waals surface area contributed by atoms with Crippen molar-refractivity contribution >= 4 is 23.2 Å². The van der Waals surface area contributed by atoms with Crippen LogP contribution in [0.3, 0.4) is 0 Å². The fraction of sp³-hybridized carbons (Fsp3) is 0.280. The van der Waals surface area contributed by atoms with Gasteiger partial charge in [0.1, 0.15) is 5.82 Å². The van der Waals surface area contributed by atoms with Crippen LogP contribution in [0.4, 0.5) is 17.6 Å². The smallest absolute Gasteiger partial charge is 0.344 e. The van der Waals surface area contributed by atoms with Crippen LogP contribution in [0, 0.1) is 11.7 Å². The van der Waals surface area contributed by atoms with Crippen molar-refractivity contribution in [3.05, 3.63) is 93.4 Å². The third-order valence-electron chi connectivity index (χ3n) is 5.93. The summed E-state index contributed by atoms with van der Waals surface area (Å²) in [6, 6.07) is 13.5. The lowest BCUT2D eigenvalue weighted by Gasteiger charge is -2.32. The van der Waals surface area contributed by atoms with Crippen molar-refractivity contribution in [1.82, 2.24) is 10.2 Å². The summed E-state index contributed by atoms with van der Waals surface area (Å²) in [6.45, 7) is 0.663. The summed E-state index contributed by atoms with van der Waals surface area (Å²) >= 11 is 1.49. The van der Waals surface area contributed by atoms with E-state index in [2.05, 4.69) is 5.32 Å². The van der Waals surface area contributed by atoms with Gasteiger partial charge in [-0.05, 0) is 66.2 Å². The van der Waals surface area contributed by atoms with Crippen LogP contribution in [0.25, 0.3) is 0 Å². The molecule has 2 heterocycles. The summed E-state index contributed by atoms with van der Waals surface area (Å²) in [5, 5.41) is 4.97. The molecule has 1 N–H and O–H groups in total. The second kappa shape index (κ2) is 9.97. The maximum atomic E-state index is 13.4. The molecule has 4 nitrogen and oxygen atoms in total. The number of hydrogen-bond donors (Lipinski definition) is 1. The number of carbonyl (C=O) groups is 2. The van der Waals surface area contributed by atoms with Gasteiger partial charge >= 0.3 is 6.18 Å². The number of alkyl halides is 3. The molecule has 1 aliphatic rings. The Morgan fingerprint density at radius 1 is 0.971 bits per heavy atom. The van der Waals surface area contributed by atoms with E-state index in [1.165, 1.54) is 35.6 Å². The molecule has 1 unspecified atom stereocenters. The van der Waals surface area contributed by atoms with Gasteiger partial charge in [0.2, 0.25) is 5.91 Å². The van der Waals surface area contributed by atoms with Gasteiger partial charge < -0.3 is 10.2 Å². The van der Waals surface area contributed by atoms with Crippen LogP contribution in [0.15, 0.2) is 66.0 Å². The van der Waals surface area contributed by atoms with E-state index in [9.17, 15) is 27.2 Å². The van der Waals surface area contributed by atoms with Crippen LogP contribution in [0.2, 0.25) is 0 Å². The molecule has 2 aromatic carbocycles. The van der Waals surface area contributed by atoms with Gasteiger partial charge in [-0.3, -0.25) is 9.59 Å². The molecule has 0 radical (unpaired) electrons. The molecule has 0 bridgehead atoms. The van der Waals surface area contributed by atoms with Gasteiger partial charge in [0, 0.05) is 29.4 Å². The molecule has 1 fully saturated rings. The number of halogens is 4. The highest BCUT2D eigenvalue weighted by molar-refractivity contribution is 7.10. The standard InChI is InChI=1S/C25H22F4N2O2S/c26-20-9-5-16(6-10-20)22(21-2-1-15-34-21)30-23(32)17-11-13-31(14-12-17)24(33)18-3-7-19(8-4-18)25(27,28)29/h1-10,15,17,22H,11-14H2,(H,30,32). The highest BCUT2D eigenvalue weighted by atomic mass is 32.1. The SMILES string of the molecule is O=C(NC(c1ccc(F)cc1)c1cccs1)C1CCN(C(=O)c2ccc(C(F)(F)F)cc2)CC1. The van der Waals surface area contributed by atoms with Crippen LogP contribution in [0.5, 0.6) is 0 Å². The van der Waals surface area contributed by atoms with Crippen LogP contribution in [-0.2, 0) is 11.0 Å². The molecule has 0 saturated carbocycles. The normalized spacial score (nSPS) is 15.7. The predicted molar refractivity (Wildman–Crippen MR) is 121 cm³/mol. The number of amides is 2. The monoisotopic (exact) mass is 490 g/mol. The molecule has 178 valence electrons. The summed E-state index contributed by atoms with van der Waals surface area (Å²) < 4.78 is 51.6. The lowest BCUT2D eigenvalue weighted by atomic mass is 9.94. The minimum absolute atomic E-state index is 0.149. The quantitative estimate of drug-likeness (QED) is 0.469. The summed E-state index contributed by atoms with van der Waals surface area (Å²) in [5.41, 5.74) is 0.151. The Morgan fingerprint density at radius 2 is 1.62 bits per heavy atom. The number of nitrogens with zero attached hydrogens (tertiary/aromatic N) is 1. The number of benzene rings is 2. The predicted octanol–water partition coefficient (Wildman–Crippen LogP) is 5.66. The lowest BCUT2D eigenvalue weighted by Crippen LogP contribution is -2.43. The van der Waals surface area contributed by atoms with Crippen LogP contribution in [-0.4, -0.2) is 29.8 Å². The van der Waals surface area contributed by atoms with Crippen molar-refractivity contribution < 1.29 is 27.2 Å². The topological polar surface area (TPSA) is 49.4 Å². The number of nitrogens with one attached hydrogen (secondary N) is 1. The van der Waals surface area contributed by atoms with E-state index >= 15 is 0 Å². The highest BCUT2D eigenvalue weighted by Gasteiger charge is 2.32. The second-order valence-electron chi connectivity index (χ2n) is 8.15. The Kier molecular flexibility index (Phi) is 7.02. The molecule has 4 rings (SSSR count). The Labute approximate surface area is 198 Å². The molecular weight excluding hydrogens is 468 g/mol. The van der Waals surface area contributed by atoms with Crippen molar-refractivity contribution in [3.63, 3.8) is 0 Å². The number of hydrogen-bond acceptors (Lipinski definition) is 3. The van der Waals surface area contributed by atoms with Gasteiger partial charge in [0.25, 0.3) is 5.91 Å². The highest BCUT2D eigenvalue weighted by Crippen LogP contribution is 2.30. The minimum atomic E-state index is -4.46. The third-order valence-corrected chi connectivity index (χ3v) is 6.87. The lowest BCUT2D eigenvalue weighted by molar-refractivity contribution is -0.137. The van der Waals surface area contributed by atoms with Gasteiger partial charge in [0.05, 0.1) is 11.6 Å². The Balaban J connectivity index is 1.38. The first kappa shape index (κ1) is 23.9. The number of piperidine rings is 1. The number of likely N-dealkylation sites (tertiary alicyclic amines) is 1. The van der Waals surface area contributed by atoms with Crippen molar-refractivity contribution in [2.75, 3.05) is 13.1 Å². The molecule has 3 aromatic rings. The largest absolute Gasteiger partial charge is 0.416 e. The second-order valence-corrected chi connectivity index (χ2v) is 9.13. The van der Waals surface area contributed by atoms with Gasteiger partial charge in [0.15, 0.2) is 0 Å². The van der Waals surface area contributed by atoms with E-state index in [4.69, 9.17) is 0 Å². The summed E-state index contributed by atoms with van der Waals surface area (Å²) in [7, 11) is 0. The van der Waals surface area contributed by atoms with E-state index in [1.54, 1.807) is 17.0 Å². The Morgan fingerprint density at radius 3 is 2.18 bits per heavy atom. The molecular formula is C25H22F4N2O2S. The van der Waals surface area contributed by atoms with Gasteiger partial charge in [-0.25, -0.2) is 4.39 Å². The van der Waals surface area contributed by atoms with Gasteiger partial charge in [-0.2, -0.15) is 13.2 Å². The third kappa shape index (κ3) is 5.47. The van der Waals surface area contributed by atoms with Crippen LogP contribution in [0.1, 0.15) is 45.2 Å². The van der Waals surface area contributed by atoms with Gasteiger partial charge in [-0.1, -0.05) is 18.2 Å². The maximum Gasteiger partial charge on any atom is 0.416 e. The Hall–Kier alpha value is -3.20. The fourth-order valence-corrected chi connectivity index (χ4v) is 4.82. The van der Waals surface area contributed by atoms with Crippen molar-refractivity contribution in [2.24, 2.45) is 5.92 Å². The average molecular weight is 491 g/mol. The zero-order valence-corrected chi connectivity index (χ0v) is 18.8. The summed E-state index contributed by atoms with van der Waals surface area (Å²) in [6.07, 6.45) is -3.57. The average Bonchev–Trinajstić information content (AvgIpc) is 3.37. The molecule has 1 aromatic heterocycles. The van der Waals surface area contributed by atoms with Crippen LogP contribution >= 0.6 is 11.3 Å². The molecule has 9 heteroatoms. The fourth-order valence-electron chi connectivity index (χ4n) is 4.02. The van der Waals surface area contributed by atoms with E-state index in [0.29, 0.717) is 25.9 Å². The maximum absolute atomic E-state index is 13.4. The van der Waals surface area contributed by atoms with E-state index in [-0.39, 0.29) is 29.1 Å². The first-order chi connectivity index (χ1) is 16.2. The summed E-state index contributed by atoms with van der Waals surface area (Å²) in [5.74, 6) is -1.16. The first-order valence-electron chi connectivity index (χ1n) is 10.8. The van der Waals surface area contributed by atoms with E-state index in [1.807, 2.05) is 17.5 Å². The molecule has 0 aliphatic carbocycles. The number of thiophene rings is 1. The zero-order chi connectivity index (χ0) is 24.3. The zero-order valence-electron chi connectivity index (χ0n) is 18.0. The van der Waals surface area contributed by atoms with Gasteiger partial charge in [-0.15, -0.1) is 11.3 Å². The minimum Gasteiger partial charge on any atom is -0.344 e. The molecule has 0 spiro atoms. The van der Waals surface area contributed by atoms with Crippen molar-refractivity contribution in [1.29, 1.82) is 0 Å². The van der Waals surface area contributed by atoms with Crippen LogP contribution < -0.4 is 5.32 Å². The molecule has 1 atom stereocenters. The first-order valence-corrected chi connectivity index (χ1v) is 11.7. The molecule has 34 heavy (non-hydrogen) atoms. The molecule has 1 saturated heterocycles. The molecule has 2 amide bonds. The summed E-state index contributed by atoms with van der Waals surface area (Å²) in [4.78, 5) is 28.2. The Bertz CT molecular complexity index is 1120. The van der Waals surface area contributed by atoms with Crippen molar-refractivity contribution in [3.8, 4) is 0 Å². The van der Waals surface area contributed by atoms with E-state index in [0.717, 1.165) is 22.6 Å². The number of rotatable bonds is 5. The molecule has 1 aliphatic heterocycles. The van der Waals surface area contributed by atoms with Crippen molar-refractivity contribution in [2.45, 2.75) is 25.1 Å².